The van der Waals surface area contributed by atoms with Crippen LogP contribution in [-0.2, 0) is 25.5 Å². The lowest BCUT2D eigenvalue weighted by Crippen LogP contribution is -2.11. The summed E-state index contributed by atoms with van der Waals surface area (Å²) in [5.74, 6) is -0.597. The maximum Gasteiger partial charge on any atom is 0.309 e. The molecule has 0 atom stereocenters. The molecule has 0 aliphatic heterocycles. The summed E-state index contributed by atoms with van der Waals surface area (Å²) in [6.45, 7) is 2.19. The lowest BCUT2D eigenvalue weighted by atomic mass is 10.1. The molecule has 0 aliphatic rings. The number of benzene rings is 1. The molecule has 0 heterocycles. The number of ether oxygens (including phenoxy) is 2. The van der Waals surface area contributed by atoms with Crippen LogP contribution in [0.1, 0.15) is 31.7 Å². The Bertz CT molecular complexity index is 386. The van der Waals surface area contributed by atoms with Crippen molar-refractivity contribution in [2.45, 2.75) is 32.6 Å². The zero-order valence-corrected chi connectivity index (χ0v) is 11.3. The molecule has 0 N–H and O–H groups in total. The Balaban J connectivity index is 2.07. The average Bonchev–Trinajstić information content (AvgIpc) is 2.40. The smallest absolute Gasteiger partial charge is 0.309 e. The summed E-state index contributed by atoms with van der Waals surface area (Å²) in [7, 11) is 0. The molecule has 0 aromatic heterocycles. The number of rotatable bonds is 8. The van der Waals surface area contributed by atoms with Crippen LogP contribution in [0.4, 0.5) is 0 Å². The first-order valence-electron chi connectivity index (χ1n) is 6.57. The van der Waals surface area contributed by atoms with Crippen LogP contribution in [0.3, 0.4) is 0 Å². The molecule has 0 radical (unpaired) electrons. The first-order valence-corrected chi connectivity index (χ1v) is 6.57. The SMILES string of the molecule is CCOC(=O)CCOC(=O)CCCc1ccccc1. The minimum absolute atomic E-state index is 0.100. The van der Waals surface area contributed by atoms with Gasteiger partial charge in [-0.05, 0) is 25.3 Å². The highest BCUT2D eigenvalue weighted by Gasteiger charge is 2.06. The van der Waals surface area contributed by atoms with E-state index in [4.69, 9.17) is 9.47 Å². The molecule has 1 aromatic rings. The number of esters is 2. The van der Waals surface area contributed by atoms with Crippen LogP contribution in [0.5, 0.6) is 0 Å². The molecule has 1 rings (SSSR count). The minimum Gasteiger partial charge on any atom is -0.466 e. The maximum atomic E-state index is 11.4. The highest BCUT2D eigenvalue weighted by Crippen LogP contribution is 2.05. The van der Waals surface area contributed by atoms with Crippen molar-refractivity contribution >= 4 is 11.9 Å². The van der Waals surface area contributed by atoms with Crippen molar-refractivity contribution < 1.29 is 19.1 Å². The molecule has 0 fully saturated rings. The number of hydrogen-bond donors (Lipinski definition) is 0. The fourth-order valence-corrected chi connectivity index (χ4v) is 1.64. The summed E-state index contributed by atoms with van der Waals surface area (Å²) in [5.41, 5.74) is 1.21. The Morgan fingerprint density at radius 2 is 1.68 bits per heavy atom. The standard InChI is InChI=1S/C15H20O4/c1-2-18-15(17)11-12-19-14(16)10-6-9-13-7-4-3-5-8-13/h3-5,7-8H,2,6,9-12H2,1H3. The van der Waals surface area contributed by atoms with E-state index >= 15 is 0 Å². The van der Waals surface area contributed by atoms with Gasteiger partial charge in [0.15, 0.2) is 0 Å². The van der Waals surface area contributed by atoms with E-state index in [-0.39, 0.29) is 25.0 Å². The molecule has 0 saturated carbocycles. The highest BCUT2D eigenvalue weighted by molar-refractivity contribution is 5.71. The third-order valence-corrected chi connectivity index (χ3v) is 2.56. The van der Waals surface area contributed by atoms with Crippen LogP contribution in [-0.4, -0.2) is 25.2 Å². The number of carbonyl (C=O) groups excluding carboxylic acids is 2. The number of hydrogen-bond acceptors (Lipinski definition) is 4. The van der Waals surface area contributed by atoms with Gasteiger partial charge in [0.25, 0.3) is 0 Å². The molecule has 0 bridgehead atoms. The molecule has 1 aromatic carbocycles. The van der Waals surface area contributed by atoms with Gasteiger partial charge in [-0.15, -0.1) is 0 Å². The van der Waals surface area contributed by atoms with Gasteiger partial charge in [0, 0.05) is 6.42 Å². The van der Waals surface area contributed by atoms with E-state index in [1.807, 2.05) is 30.3 Å². The Labute approximate surface area is 113 Å². The Morgan fingerprint density at radius 3 is 2.37 bits per heavy atom. The second kappa shape index (κ2) is 9.14. The Hall–Kier alpha value is -1.84. The summed E-state index contributed by atoms with van der Waals surface area (Å²) < 4.78 is 9.69. The minimum atomic E-state index is -0.334. The predicted octanol–water partition coefficient (Wildman–Crippen LogP) is 2.51. The second-order valence-electron chi connectivity index (χ2n) is 4.11. The van der Waals surface area contributed by atoms with Crippen LogP contribution in [0, 0.1) is 0 Å². The lowest BCUT2D eigenvalue weighted by molar-refractivity contribution is -0.149. The van der Waals surface area contributed by atoms with Gasteiger partial charge in [-0.25, -0.2) is 0 Å². The molecular weight excluding hydrogens is 244 g/mol. The monoisotopic (exact) mass is 264 g/mol. The van der Waals surface area contributed by atoms with Gasteiger partial charge in [0.2, 0.25) is 0 Å². The highest BCUT2D eigenvalue weighted by atomic mass is 16.5. The summed E-state index contributed by atoms with van der Waals surface area (Å²) in [5, 5.41) is 0. The molecule has 0 aliphatic carbocycles. The van der Waals surface area contributed by atoms with Gasteiger partial charge in [-0.1, -0.05) is 30.3 Å². The van der Waals surface area contributed by atoms with Gasteiger partial charge in [0.1, 0.15) is 6.61 Å². The number of aryl methyl sites for hydroxylation is 1. The molecule has 4 nitrogen and oxygen atoms in total. The third-order valence-electron chi connectivity index (χ3n) is 2.56. The van der Waals surface area contributed by atoms with Gasteiger partial charge < -0.3 is 9.47 Å². The van der Waals surface area contributed by atoms with Crippen LogP contribution in [0.2, 0.25) is 0 Å². The molecular formula is C15H20O4. The van der Waals surface area contributed by atoms with E-state index in [1.54, 1.807) is 6.92 Å². The van der Waals surface area contributed by atoms with Gasteiger partial charge >= 0.3 is 11.9 Å². The van der Waals surface area contributed by atoms with E-state index < -0.39 is 0 Å². The normalized spacial score (nSPS) is 9.95. The first kappa shape index (κ1) is 15.2. The number of carbonyl (C=O) groups is 2. The zero-order valence-electron chi connectivity index (χ0n) is 11.3. The summed E-state index contributed by atoms with van der Waals surface area (Å²) in [6.07, 6.45) is 2.10. The molecule has 0 saturated heterocycles. The second-order valence-corrected chi connectivity index (χ2v) is 4.11. The molecule has 0 amide bonds. The molecule has 19 heavy (non-hydrogen) atoms. The quantitative estimate of drug-likeness (QED) is 0.677. The van der Waals surface area contributed by atoms with Crippen molar-refractivity contribution in [2.75, 3.05) is 13.2 Å². The zero-order chi connectivity index (χ0) is 13.9. The van der Waals surface area contributed by atoms with Crippen molar-refractivity contribution in [3.8, 4) is 0 Å². The van der Waals surface area contributed by atoms with E-state index in [0.29, 0.717) is 13.0 Å². The molecule has 0 spiro atoms. The molecule has 0 unspecified atom stereocenters. The Kier molecular flexibility index (Phi) is 7.32. The predicted molar refractivity (Wildman–Crippen MR) is 71.6 cm³/mol. The van der Waals surface area contributed by atoms with Gasteiger partial charge in [-0.3, -0.25) is 9.59 Å². The lowest BCUT2D eigenvalue weighted by Gasteiger charge is -2.05. The fraction of sp³-hybridized carbons (Fsp3) is 0.467. The van der Waals surface area contributed by atoms with Crippen LogP contribution in [0.15, 0.2) is 30.3 Å². The van der Waals surface area contributed by atoms with Crippen molar-refractivity contribution in [3.05, 3.63) is 35.9 Å². The van der Waals surface area contributed by atoms with Gasteiger partial charge in [0.05, 0.1) is 13.0 Å². The van der Waals surface area contributed by atoms with Gasteiger partial charge in [-0.2, -0.15) is 0 Å². The van der Waals surface area contributed by atoms with Crippen LogP contribution >= 0.6 is 0 Å². The van der Waals surface area contributed by atoms with Crippen molar-refractivity contribution in [3.63, 3.8) is 0 Å². The Morgan fingerprint density at radius 1 is 1.00 bits per heavy atom. The summed E-state index contributed by atoms with van der Waals surface area (Å²) in [6, 6.07) is 9.99. The molecule has 4 heteroatoms. The third kappa shape index (κ3) is 7.24. The largest absolute Gasteiger partial charge is 0.466 e. The molecule has 104 valence electrons. The summed E-state index contributed by atoms with van der Waals surface area (Å²) in [4.78, 5) is 22.4. The maximum absolute atomic E-state index is 11.4. The van der Waals surface area contributed by atoms with E-state index in [1.165, 1.54) is 5.56 Å². The van der Waals surface area contributed by atoms with E-state index in [0.717, 1.165) is 12.8 Å². The van der Waals surface area contributed by atoms with Crippen molar-refractivity contribution in [2.24, 2.45) is 0 Å². The van der Waals surface area contributed by atoms with E-state index in [2.05, 4.69) is 0 Å². The first-order chi connectivity index (χ1) is 9.22. The topological polar surface area (TPSA) is 52.6 Å². The van der Waals surface area contributed by atoms with Crippen molar-refractivity contribution in [1.82, 2.24) is 0 Å². The van der Waals surface area contributed by atoms with Crippen LogP contribution < -0.4 is 0 Å². The average molecular weight is 264 g/mol. The van der Waals surface area contributed by atoms with Crippen LogP contribution in [0.25, 0.3) is 0 Å². The van der Waals surface area contributed by atoms with E-state index in [9.17, 15) is 9.59 Å². The fourth-order valence-electron chi connectivity index (χ4n) is 1.64. The summed E-state index contributed by atoms with van der Waals surface area (Å²) >= 11 is 0. The van der Waals surface area contributed by atoms with Crippen molar-refractivity contribution in [1.29, 1.82) is 0 Å².